The van der Waals surface area contributed by atoms with Gasteiger partial charge in [0.15, 0.2) is 0 Å². The number of nitrogens with zero attached hydrogens (tertiary/aromatic N) is 5. The maximum Gasteiger partial charge on any atom is 0.224 e. The molecule has 150 valence electrons. The Hall–Kier alpha value is -4.37. The zero-order valence-corrected chi connectivity index (χ0v) is 17.0. The average Bonchev–Trinajstić information content (AvgIpc) is 3.32. The number of hydrazone groups is 1. The van der Waals surface area contributed by atoms with E-state index in [1.165, 1.54) is 0 Å². The van der Waals surface area contributed by atoms with Crippen molar-refractivity contribution in [1.82, 2.24) is 14.1 Å². The highest BCUT2D eigenvalue weighted by atomic mass is 15.4. The molecular weight excluding hydrogens is 384 g/mol. The zero-order valence-electron chi connectivity index (χ0n) is 17.0. The molecule has 3 aromatic carbocycles. The third-order valence-corrected chi connectivity index (χ3v) is 5.45. The van der Waals surface area contributed by atoms with Gasteiger partial charge in [0.2, 0.25) is 5.95 Å². The highest BCUT2D eigenvalue weighted by Gasteiger charge is 2.10. The smallest absolute Gasteiger partial charge is 0.224 e. The number of rotatable bonds is 5. The van der Waals surface area contributed by atoms with Crippen LogP contribution < -0.4 is 5.43 Å². The molecule has 5 aromatic rings. The Morgan fingerprint density at radius 2 is 1.74 bits per heavy atom. The third kappa shape index (κ3) is 3.43. The molecule has 1 N–H and O–H groups in total. The van der Waals surface area contributed by atoms with Gasteiger partial charge in [-0.25, -0.2) is 10.4 Å². The van der Waals surface area contributed by atoms with Crippen molar-refractivity contribution < 1.29 is 0 Å². The highest BCUT2D eigenvalue weighted by molar-refractivity contribution is 5.99. The van der Waals surface area contributed by atoms with E-state index in [0.29, 0.717) is 18.1 Å². The number of nitriles is 1. The van der Waals surface area contributed by atoms with E-state index in [2.05, 4.69) is 44.5 Å². The molecule has 0 amide bonds. The molecule has 0 aliphatic carbocycles. The molecule has 0 fully saturated rings. The van der Waals surface area contributed by atoms with Gasteiger partial charge in [-0.1, -0.05) is 48.5 Å². The average molecular weight is 404 g/mol. The van der Waals surface area contributed by atoms with E-state index in [0.717, 1.165) is 33.1 Å². The summed E-state index contributed by atoms with van der Waals surface area (Å²) in [4.78, 5) is 4.59. The number of aromatic nitrogens is 3. The lowest BCUT2D eigenvalue weighted by Crippen LogP contribution is -2.00. The van der Waals surface area contributed by atoms with Crippen molar-refractivity contribution in [3.63, 3.8) is 0 Å². The van der Waals surface area contributed by atoms with Gasteiger partial charge in [0, 0.05) is 36.3 Å². The Morgan fingerprint density at radius 1 is 1.00 bits per heavy atom. The summed E-state index contributed by atoms with van der Waals surface area (Å²) in [7, 11) is 1.96. The lowest BCUT2D eigenvalue weighted by atomic mass is 10.1. The van der Waals surface area contributed by atoms with Crippen molar-refractivity contribution in [2.75, 3.05) is 5.43 Å². The Kier molecular flexibility index (Phi) is 4.70. The van der Waals surface area contributed by atoms with Crippen LogP contribution in [0, 0.1) is 11.3 Å². The molecule has 0 bridgehead atoms. The Labute approximate surface area is 179 Å². The zero-order chi connectivity index (χ0) is 21.2. The van der Waals surface area contributed by atoms with Crippen LogP contribution in [-0.2, 0) is 13.6 Å². The Balaban J connectivity index is 1.46. The number of imidazole rings is 1. The molecule has 0 saturated heterocycles. The van der Waals surface area contributed by atoms with E-state index in [9.17, 15) is 5.26 Å². The predicted octanol–water partition coefficient (Wildman–Crippen LogP) is 4.89. The van der Waals surface area contributed by atoms with Crippen LogP contribution in [0.2, 0.25) is 0 Å². The lowest BCUT2D eigenvalue weighted by molar-refractivity contribution is 0.834. The summed E-state index contributed by atoms with van der Waals surface area (Å²) in [5.41, 5.74) is 8.82. The predicted molar refractivity (Wildman–Crippen MR) is 124 cm³/mol. The summed E-state index contributed by atoms with van der Waals surface area (Å²) in [6.45, 7) is 0.621. The minimum atomic E-state index is 0.621. The van der Waals surface area contributed by atoms with Gasteiger partial charge in [0.25, 0.3) is 0 Å². The second-order valence-corrected chi connectivity index (χ2v) is 7.35. The van der Waals surface area contributed by atoms with E-state index < -0.39 is 0 Å². The number of aryl methyl sites for hydroxylation is 1. The number of hydrogen-bond acceptors (Lipinski definition) is 4. The van der Waals surface area contributed by atoms with Crippen LogP contribution in [-0.4, -0.2) is 20.3 Å². The number of benzene rings is 3. The standard InChI is InChI=1S/C25H20N6/c1-30-24-13-7-5-11-22(24)28-25(30)29-27-15-20-17-31(23-12-6-4-10-21(20)23)16-19-9-3-2-8-18(19)14-26/h2-13,15,17H,16H2,1H3,(H,28,29)/b27-15-. The van der Waals surface area contributed by atoms with Crippen molar-refractivity contribution in [2.24, 2.45) is 12.1 Å². The lowest BCUT2D eigenvalue weighted by Gasteiger charge is -2.07. The number of nitrogens with one attached hydrogen (secondary N) is 1. The first-order valence-electron chi connectivity index (χ1n) is 10.0. The number of fused-ring (bicyclic) bond motifs is 2. The summed E-state index contributed by atoms with van der Waals surface area (Å²) in [6.07, 6.45) is 3.88. The first-order valence-corrected chi connectivity index (χ1v) is 10.0. The SMILES string of the molecule is Cn1c(N/N=C\c2cn(Cc3ccccc3C#N)c3ccccc23)nc2ccccc21. The van der Waals surface area contributed by atoms with Crippen molar-refractivity contribution in [1.29, 1.82) is 5.26 Å². The fraction of sp³-hybridized carbons (Fsp3) is 0.0800. The van der Waals surface area contributed by atoms with Gasteiger partial charge >= 0.3 is 0 Å². The van der Waals surface area contributed by atoms with Crippen molar-refractivity contribution in [2.45, 2.75) is 6.54 Å². The molecule has 0 atom stereocenters. The first kappa shape index (κ1) is 18.6. The quantitative estimate of drug-likeness (QED) is 0.335. The Morgan fingerprint density at radius 3 is 2.58 bits per heavy atom. The minimum Gasteiger partial charge on any atom is -0.342 e. The summed E-state index contributed by atoms with van der Waals surface area (Å²) >= 11 is 0. The molecule has 0 unspecified atom stereocenters. The van der Waals surface area contributed by atoms with Crippen LogP contribution in [0.3, 0.4) is 0 Å². The maximum atomic E-state index is 9.42. The van der Waals surface area contributed by atoms with Crippen LogP contribution in [0.5, 0.6) is 0 Å². The fourth-order valence-electron chi connectivity index (χ4n) is 3.86. The maximum absolute atomic E-state index is 9.42. The largest absolute Gasteiger partial charge is 0.342 e. The van der Waals surface area contributed by atoms with E-state index in [1.54, 1.807) is 0 Å². The molecule has 31 heavy (non-hydrogen) atoms. The second kappa shape index (κ2) is 7.81. The molecular formula is C25H20N6. The highest BCUT2D eigenvalue weighted by Crippen LogP contribution is 2.22. The van der Waals surface area contributed by atoms with Crippen LogP contribution in [0.1, 0.15) is 16.7 Å². The van der Waals surface area contributed by atoms with Gasteiger partial charge in [-0.15, -0.1) is 0 Å². The topological polar surface area (TPSA) is 70.9 Å². The van der Waals surface area contributed by atoms with Gasteiger partial charge in [-0.05, 0) is 29.8 Å². The van der Waals surface area contributed by atoms with Crippen LogP contribution in [0.4, 0.5) is 5.95 Å². The summed E-state index contributed by atoms with van der Waals surface area (Å²) < 4.78 is 4.14. The number of para-hydroxylation sites is 3. The number of hydrogen-bond donors (Lipinski definition) is 1. The van der Waals surface area contributed by atoms with Gasteiger partial charge in [-0.3, -0.25) is 0 Å². The van der Waals surface area contributed by atoms with Gasteiger partial charge < -0.3 is 9.13 Å². The fourth-order valence-corrected chi connectivity index (χ4v) is 3.86. The monoisotopic (exact) mass is 404 g/mol. The minimum absolute atomic E-state index is 0.621. The van der Waals surface area contributed by atoms with E-state index in [1.807, 2.05) is 78.5 Å². The molecule has 5 rings (SSSR count). The summed E-state index contributed by atoms with van der Waals surface area (Å²) in [6, 6.07) is 26.2. The van der Waals surface area contributed by atoms with Crippen LogP contribution >= 0.6 is 0 Å². The summed E-state index contributed by atoms with van der Waals surface area (Å²) in [5.74, 6) is 0.684. The molecule has 0 aliphatic heterocycles. The Bertz CT molecular complexity index is 1460. The molecule has 2 aromatic heterocycles. The second-order valence-electron chi connectivity index (χ2n) is 7.35. The van der Waals surface area contributed by atoms with Crippen molar-refractivity contribution in [3.05, 3.63) is 95.7 Å². The molecule has 0 saturated carbocycles. The first-order chi connectivity index (χ1) is 15.2. The van der Waals surface area contributed by atoms with Crippen LogP contribution in [0.15, 0.2) is 84.1 Å². The normalized spacial score (nSPS) is 11.4. The molecule has 6 heteroatoms. The molecule has 0 radical (unpaired) electrons. The third-order valence-electron chi connectivity index (χ3n) is 5.45. The molecule has 6 nitrogen and oxygen atoms in total. The van der Waals surface area contributed by atoms with E-state index >= 15 is 0 Å². The van der Waals surface area contributed by atoms with Gasteiger partial charge in [0.05, 0.1) is 28.9 Å². The van der Waals surface area contributed by atoms with Crippen molar-refractivity contribution in [3.8, 4) is 6.07 Å². The van der Waals surface area contributed by atoms with Crippen molar-refractivity contribution >= 4 is 34.1 Å². The molecule has 2 heterocycles. The van der Waals surface area contributed by atoms with Gasteiger partial charge in [-0.2, -0.15) is 10.4 Å². The molecule has 0 aliphatic rings. The van der Waals surface area contributed by atoms with E-state index in [4.69, 9.17) is 0 Å². The van der Waals surface area contributed by atoms with Gasteiger partial charge in [0.1, 0.15) is 0 Å². The molecule has 0 spiro atoms. The summed E-state index contributed by atoms with van der Waals surface area (Å²) in [5, 5.41) is 15.0. The number of anilines is 1. The van der Waals surface area contributed by atoms with Crippen LogP contribution in [0.25, 0.3) is 21.9 Å². The van der Waals surface area contributed by atoms with E-state index in [-0.39, 0.29) is 0 Å².